The lowest BCUT2D eigenvalue weighted by Crippen LogP contribution is -2.29. The Labute approximate surface area is 132 Å². The van der Waals surface area contributed by atoms with E-state index >= 15 is 0 Å². The van der Waals surface area contributed by atoms with Crippen LogP contribution in [0, 0.1) is 21.8 Å². The van der Waals surface area contributed by atoms with Gasteiger partial charge >= 0.3 is 0 Å². The van der Waals surface area contributed by atoms with E-state index in [0.717, 1.165) is 17.5 Å². The second-order valence-corrected chi connectivity index (χ2v) is 6.03. The summed E-state index contributed by atoms with van der Waals surface area (Å²) < 4.78 is 13.2. The summed E-state index contributed by atoms with van der Waals surface area (Å²) in [7, 11) is 0. The number of nitrogens with zero attached hydrogens (tertiary/aromatic N) is 1. The van der Waals surface area contributed by atoms with E-state index in [4.69, 9.17) is 0 Å². The summed E-state index contributed by atoms with van der Waals surface area (Å²) in [6.45, 7) is 0. The van der Waals surface area contributed by atoms with Gasteiger partial charge in [-0.2, -0.15) is 0 Å². The van der Waals surface area contributed by atoms with Crippen molar-refractivity contribution in [1.29, 1.82) is 0 Å². The van der Waals surface area contributed by atoms with Crippen LogP contribution in [0.15, 0.2) is 54.6 Å². The first-order valence-corrected chi connectivity index (χ1v) is 7.61. The topological polar surface area (TPSA) is 55.2 Å². The molecular formula is C18H15FN2O2. The van der Waals surface area contributed by atoms with E-state index in [1.807, 2.05) is 6.07 Å². The molecule has 0 saturated heterocycles. The van der Waals surface area contributed by atoms with Crippen molar-refractivity contribution in [3.63, 3.8) is 0 Å². The van der Waals surface area contributed by atoms with Crippen LogP contribution in [-0.4, -0.2) is 4.92 Å². The zero-order valence-corrected chi connectivity index (χ0v) is 12.3. The van der Waals surface area contributed by atoms with Crippen LogP contribution < -0.4 is 5.32 Å². The van der Waals surface area contributed by atoms with Crippen molar-refractivity contribution in [2.75, 3.05) is 5.32 Å². The third kappa shape index (κ3) is 2.20. The Bertz CT molecular complexity index is 801. The second kappa shape index (κ2) is 5.19. The molecule has 23 heavy (non-hydrogen) atoms. The Hall–Kier alpha value is -2.69. The molecule has 116 valence electrons. The summed E-state index contributed by atoms with van der Waals surface area (Å²) in [6.07, 6.45) is 5.16. The van der Waals surface area contributed by atoms with Gasteiger partial charge in [-0.15, -0.1) is 0 Å². The minimum atomic E-state index is -0.355. The molecule has 0 amide bonds. The van der Waals surface area contributed by atoms with Crippen molar-refractivity contribution < 1.29 is 9.31 Å². The van der Waals surface area contributed by atoms with Gasteiger partial charge in [0.25, 0.3) is 5.69 Å². The SMILES string of the molecule is O=[N+]([O-])c1cccc2c1NC(c1ccc(F)cc1)C1CC=CC21. The van der Waals surface area contributed by atoms with E-state index in [0.29, 0.717) is 5.69 Å². The van der Waals surface area contributed by atoms with Crippen LogP contribution in [0.4, 0.5) is 15.8 Å². The predicted molar refractivity (Wildman–Crippen MR) is 85.8 cm³/mol. The number of halogens is 1. The number of rotatable bonds is 2. The second-order valence-electron chi connectivity index (χ2n) is 6.03. The summed E-state index contributed by atoms with van der Waals surface area (Å²) in [5, 5.41) is 14.7. The average Bonchev–Trinajstić information content (AvgIpc) is 3.04. The Kier molecular flexibility index (Phi) is 3.15. The van der Waals surface area contributed by atoms with Crippen LogP contribution in [0.25, 0.3) is 0 Å². The van der Waals surface area contributed by atoms with Gasteiger partial charge in [-0.3, -0.25) is 10.1 Å². The molecule has 0 spiro atoms. The number of benzene rings is 2. The fourth-order valence-electron chi connectivity index (χ4n) is 3.76. The molecule has 2 aromatic carbocycles. The number of nitro benzene ring substituents is 1. The lowest BCUT2D eigenvalue weighted by atomic mass is 9.77. The Balaban J connectivity index is 1.83. The first-order chi connectivity index (χ1) is 11.1. The van der Waals surface area contributed by atoms with E-state index in [2.05, 4.69) is 17.5 Å². The number of nitrogens with one attached hydrogen (secondary N) is 1. The van der Waals surface area contributed by atoms with Gasteiger partial charge < -0.3 is 5.32 Å². The largest absolute Gasteiger partial charge is 0.372 e. The number of anilines is 1. The average molecular weight is 310 g/mol. The van der Waals surface area contributed by atoms with Crippen LogP contribution in [0.3, 0.4) is 0 Å². The molecule has 0 aromatic heterocycles. The van der Waals surface area contributed by atoms with E-state index < -0.39 is 0 Å². The number of fused-ring (bicyclic) bond motifs is 3. The fourth-order valence-corrected chi connectivity index (χ4v) is 3.76. The van der Waals surface area contributed by atoms with Crippen LogP contribution in [0.5, 0.6) is 0 Å². The molecular weight excluding hydrogens is 295 g/mol. The number of hydrogen-bond acceptors (Lipinski definition) is 3. The van der Waals surface area contributed by atoms with Crippen molar-refractivity contribution >= 4 is 11.4 Å². The van der Waals surface area contributed by atoms with E-state index in [-0.39, 0.29) is 34.3 Å². The maximum Gasteiger partial charge on any atom is 0.292 e. The van der Waals surface area contributed by atoms with E-state index in [9.17, 15) is 14.5 Å². The third-order valence-corrected chi connectivity index (χ3v) is 4.80. The minimum absolute atomic E-state index is 0.0656. The smallest absolute Gasteiger partial charge is 0.292 e. The molecule has 2 aliphatic rings. The van der Waals surface area contributed by atoms with Gasteiger partial charge in [0.05, 0.1) is 11.0 Å². The summed E-state index contributed by atoms with van der Waals surface area (Å²) >= 11 is 0. The highest BCUT2D eigenvalue weighted by Crippen LogP contribution is 2.51. The zero-order valence-electron chi connectivity index (χ0n) is 12.3. The molecule has 5 heteroatoms. The predicted octanol–water partition coefficient (Wildman–Crippen LogP) is 4.56. The highest BCUT2D eigenvalue weighted by atomic mass is 19.1. The molecule has 3 atom stereocenters. The van der Waals surface area contributed by atoms with Crippen LogP contribution in [0.1, 0.15) is 29.5 Å². The lowest BCUT2D eigenvalue weighted by Gasteiger charge is -2.37. The molecule has 2 aromatic rings. The van der Waals surface area contributed by atoms with Crippen molar-refractivity contribution in [2.45, 2.75) is 18.4 Å². The number of para-hydroxylation sites is 1. The van der Waals surface area contributed by atoms with E-state index in [1.54, 1.807) is 18.2 Å². The molecule has 0 bridgehead atoms. The van der Waals surface area contributed by atoms with Crippen LogP contribution >= 0.6 is 0 Å². The fraction of sp³-hybridized carbons (Fsp3) is 0.222. The number of nitro groups is 1. The Morgan fingerprint density at radius 3 is 2.70 bits per heavy atom. The summed E-state index contributed by atoms with van der Waals surface area (Å²) in [6, 6.07) is 11.5. The standard InChI is InChI=1S/C18H15FN2O2/c19-12-9-7-11(8-10-12)17-14-4-1-3-13(14)15-5-2-6-16(21(22)23)18(15)20-17/h1-3,5-10,13-14,17,20H,4H2. The Morgan fingerprint density at radius 2 is 1.96 bits per heavy atom. The lowest BCUT2D eigenvalue weighted by molar-refractivity contribution is -0.384. The number of hydrogen-bond donors (Lipinski definition) is 1. The first kappa shape index (κ1) is 13.9. The zero-order chi connectivity index (χ0) is 16.0. The minimum Gasteiger partial charge on any atom is -0.372 e. The van der Waals surface area contributed by atoms with Crippen LogP contribution in [-0.2, 0) is 0 Å². The maximum atomic E-state index is 13.2. The van der Waals surface area contributed by atoms with Gasteiger partial charge in [0.15, 0.2) is 0 Å². The van der Waals surface area contributed by atoms with Gasteiger partial charge in [-0.1, -0.05) is 36.4 Å². The molecule has 1 N–H and O–H groups in total. The van der Waals surface area contributed by atoms with Gasteiger partial charge in [-0.05, 0) is 35.6 Å². The molecule has 4 nitrogen and oxygen atoms in total. The molecule has 1 heterocycles. The molecule has 4 rings (SSSR count). The van der Waals surface area contributed by atoms with E-state index in [1.165, 1.54) is 18.2 Å². The monoisotopic (exact) mass is 310 g/mol. The van der Waals surface area contributed by atoms with Crippen molar-refractivity contribution in [2.24, 2.45) is 5.92 Å². The quantitative estimate of drug-likeness (QED) is 0.502. The summed E-state index contributed by atoms with van der Waals surface area (Å²) in [5.74, 6) is 0.160. The van der Waals surface area contributed by atoms with Gasteiger partial charge in [0.2, 0.25) is 0 Å². The molecule has 0 saturated carbocycles. The molecule has 1 aliphatic carbocycles. The normalized spacial score (nSPS) is 24.7. The third-order valence-electron chi connectivity index (χ3n) is 4.80. The molecule has 0 fully saturated rings. The highest BCUT2D eigenvalue weighted by Gasteiger charge is 2.40. The highest BCUT2D eigenvalue weighted by molar-refractivity contribution is 5.71. The van der Waals surface area contributed by atoms with Crippen molar-refractivity contribution in [3.8, 4) is 0 Å². The number of allylic oxidation sites excluding steroid dienone is 2. The first-order valence-electron chi connectivity index (χ1n) is 7.61. The molecule has 1 aliphatic heterocycles. The maximum absolute atomic E-state index is 13.2. The van der Waals surface area contributed by atoms with Crippen LogP contribution in [0.2, 0.25) is 0 Å². The van der Waals surface area contributed by atoms with Gasteiger partial charge in [-0.25, -0.2) is 4.39 Å². The molecule has 0 radical (unpaired) electrons. The van der Waals surface area contributed by atoms with Gasteiger partial charge in [0, 0.05) is 12.0 Å². The van der Waals surface area contributed by atoms with Crippen molar-refractivity contribution in [1.82, 2.24) is 0 Å². The van der Waals surface area contributed by atoms with Gasteiger partial charge in [0.1, 0.15) is 11.5 Å². The summed E-state index contributed by atoms with van der Waals surface area (Å²) in [4.78, 5) is 11.0. The Morgan fingerprint density at radius 1 is 1.17 bits per heavy atom. The van der Waals surface area contributed by atoms with Crippen molar-refractivity contribution in [3.05, 3.63) is 81.7 Å². The summed E-state index contributed by atoms with van der Waals surface area (Å²) in [5.41, 5.74) is 2.60. The molecule has 3 unspecified atom stereocenters.